The van der Waals surface area contributed by atoms with Crippen molar-refractivity contribution in [3.63, 3.8) is 0 Å². The summed E-state index contributed by atoms with van der Waals surface area (Å²) in [5.41, 5.74) is 1.19. The lowest BCUT2D eigenvalue weighted by atomic mass is 10.2. The van der Waals surface area contributed by atoms with Crippen LogP contribution in [0.25, 0.3) is 0 Å². The Bertz CT molecular complexity index is 432. The van der Waals surface area contributed by atoms with Crippen LogP contribution in [-0.2, 0) is 6.54 Å². The average Bonchev–Trinajstić information content (AvgIpc) is 2.37. The highest BCUT2D eigenvalue weighted by Crippen LogP contribution is 2.29. The predicted molar refractivity (Wildman–Crippen MR) is 87.7 cm³/mol. The molecule has 4 heteroatoms. The van der Waals surface area contributed by atoms with Crippen molar-refractivity contribution in [2.45, 2.75) is 27.3 Å². The van der Waals surface area contributed by atoms with Gasteiger partial charge in [0.1, 0.15) is 6.61 Å². The Hall–Kier alpha value is -1.00. The van der Waals surface area contributed by atoms with Crippen LogP contribution in [0.15, 0.2) is 29.3 Å². The number of rotatable bonds is 9. The van der Waals surface area contributed by atoms with Crippen molar-refractivity contribution in [2.75, 3.05) is 19.8 Å². The maximum absolute atomic E-state index is 5.66. The van der Waals surface area contributed by atoms with Gasteiger partial charge in [-0.3, -0.25) is 0 Å². The molecule has 20 heavy (non-hydrogen) atoms. The minimum Gasteiger partial charge on any atom is -0.490 e. The quantitative estimate of drug-likeness (QED) is 0.732. The highest BCUT2D eigenvalue weighted by Gasteiger charge is 2.07. The van der Waals surface area contributed by atoms with E-state index < -0.39 is 0 Å². The number of hydrogen-bond donors (Lipinski definition) is 1. The third kappa shape index (κ3) is 6.44. The molecule has 3 nitrogen and oxygen atoms in total. The highest BCUT2D eigenvalue weighted by molar-refractivity contribution is 9.11. The van der Waals surface area contributed by atoms with Crippen LogP contribution in [0.5, 0.6) is 11.5 Å². The van der Waals surface area contributed by atoms with Gasteiger partial charge in [-0.1, -0.05) is 42.4 Å². The van der Waals surface area contributed by atoms with Crippen LogP contribution < -0.4 is 14.8 Å². The van der Waals surface area contributed by atoms with Gasteiger partial charge in [0, 0.05) is 11.0 Å². The number of nitrogens with one attached hydrogen (secondary N) is 1. The zero-order valence-corrected chi connectivity index (χ0v) is 14.1. The first-order chi connectivity index (χ1) is 9.52. The zero-order valence-electron chi connectivity index (χ0n) is 12.5. The molecule has 0 spiro atoms. The van der Waals surface area contributed by atoms with Crippen LogP contribution in [0.4, 0.5) is 0 Å². The summed E-state index contributed by atoms with van der Waals surface area (Å²) in [6.45, 7) is 13.0. The number of benzene rings is 1. The van der Waals surface area contributed by atoms with Crippen LogP contribution in [0, 0.1) is 5.92 Å². The predicted octanol–water partition coefficient (Wildman–Crippen LogP) is 4.12. The van der Waals surface area contributed by atoms with Gasteiger partial charge in [0.25, 0.3) is 0 Å². The van der Waals surface area contributed by atoms with E-state index in [4.69, 9.17) is 9.47 Å². The van der Waals surface area contributed by atoms with Gasteiger partial charge >= 0.3 is 0 Å². The van der Waals surface area contributed by atoms with Gasteiger partial charge in [-0.2, -0.15) is 0 Å². The van der Waals surface area contributed by atoms with E-state index in [1.54, 1.807) is 0 Å². The van der Waals surface area contributed by atoms with Gasteiger partial charge in [-0.05, 0) is 37.1 Å². The van der Waals surface area contributed by atoms with Gasteiger partial charge in [-0.25, -0.2) is 0 Å². The molecule has 0 aromatic heterocycles. The lowest BCUT2D eigenvalue weighted by Gasteiger charge is -2.14. The standard InChI is InChI=1S/C16H24BrNO2/c1-5-19-16-8-14(10-18-9-12(2)3)6-7-15(16)20-11-13(4)17/h6-8,12,18H,4-5,9-11H2,1-3H3. The second-order valence-corrected chi connectivity index (χ2v) is 6.17. The fourth-order valence-corrected chi connectivity index (χ4v) is 1.83. The van der Waals surface area contributed by atoms with Crippen LogP contribution >= 0.6 is 15.9 Å². The van der Waals surface area contributed by atoms with Crippen molar-refractivity contribution >= 4 is 15.9 Å². The Morgan fingerprint density at radius 2 is 2.05 bits per heavy atom. The molecule has 1 rings (SSSR count). The summed E-state index contributed by atoms with van der Waals surface area (Å²) < 4.78 is 12.1. The van der Waals surface area contributed by atoms with Crippen molar-refractivity contribution in [3.8, 4) is 11.5 Å². The van der Waals surface area contributed by atoms with Crippen molar-refractivity contribution in [3.05, 3.63) is 34.8 Å². The summed E-state index contributed by atoms with van der Waals surface area (Å²) >= 11 is 3.29. The summed E-state index contributed by atoms with van der Waals surface area (Å²) in [5.74, 6) is 2.18. The van der Waals surface area contributed by atoms with Crippen molar-refractivity contribution in [1.29, 1.82) is 0 Å². The molecule has 0 fully saturated rings. The summed E-state index contributed by atoms with van der Waals surface area (Å²) in [4.78, 5) is 0. The molecule has 0 atom stereocenters. The normalized spacial score (nSPS) is 10.7. The van der Waals surface area contributed by atoms with Crippen molar-refractivity contribution < 1.29 is 9.47 Å². The highest BCUT2D eigenvalue weighted by atomic mass is 79.9. The fourth-order valence-electron chi connectivity index (χ4n) is 1.71. The molecule has 1 aromatic rings. The average molecular weight is 342 g/mol. The Morgan fingerprint density at radius 3 is 2.65 bits per heavy atom. The molecule has 0 amide bonds. The van der Waals surface area contributed by atoms with Crippen LogP contribution in [-0.4, -0.2) is 19.8 Å². The van der Waals surface area contributed by atoms with E-state index in [2.05, 4.69) is 47.7 Å². The van der Waals surface area contributed by atoms with Gasteiger partial charge in [0.2, 0.25) is 0 Å². The minimum atomic E-state index is 0.436. The van der Waals surface area contributed by atoms with Crippen molar-refractivity contribution in [2.24, 2.45) is 5.92 Å². The Kier molecular flexibility index (Phi) is 7.70. The monoisotopic (exact) mass is 341 g/mol. The fraction of sp³-hybridized carbons (Fsp3) is 0.500. The second kappa shape index (κ2) is 9.03. The largest absolute Gasteiger partial charge is 0.490 e. The molecule has 0 aliphatic heterocycles. The molecule has 0 heterocycles. The number of halogens is 1. The second-order valence-electron chi connectivity index (χ2n) is 5.04. The molecule has 0 bridgehead atoms. The Balaban J connectivity index is 2.70. The lowest BCUT2D eigenvalue weighted by Crippen LogP contribution is -2.19. The van der Waals surface area contributed by atoms with Crippen molar-refractivity contribution in [1.82, 2.24) is 5.32 Å². The van der Waals surface area contributed by atoms with Gasteiger partial charge in [-0.15, -0.1) is 0 Å². The molecular weight excluding hydrogens is 318 g/mol. The van der Waals surface area contributed by atoms with Gasteiger partial charge in [0.05, 0.1) is 6.61 Å². The lowest BCUT2D eigenvalue weighted by molar-refractivity contribution is 0.295. The van der Waals surface area contributed by atoms with Gasteiger partial charge < -0.3 is 14.8 Å². The molecule has 1 aromatic carbocycles. The van der Waals surface area contributed by atoms with E-state index in [-0.39, 0.29) is 0 Å². The van der Waals surface area contributed by atoms with E-state index in [9.17, 15) is 0 Å². The van der Waals surface area contributed by atoms with Crippen LogP contribution in [0.1, 0.15) is 26.3 Å². The zero-order chi connectivity index (χ0) is 15.0. The first-order valence-electron chi connectivity index (χ1n) is 6.95. The van der Waals surface area contributed by atoms with Crippen LogP contribution in [0.3, 0.4) is 0 Å². The molecule has 1 N–H and O–H groups in total. The van der Waals surface area contributed by atoms with E-state index >= 15 is 0 Å². The van der Waals surface area contributed by atoms with E-state index in [0.29, 0.717) is 19.1 Å². The summed E-state index contributed by atoms with van der Waals surface area (Å²) in [6.07, 6.45) is 0. The molecule has 0 radical (unpaired) electrons. The SMILES string of the molecule is C=C(Br)COc1ccc(CNCC(C)C)cc1OCC. The third-order valence-electron chi connectivity index (χ3n) is 2.57. The molecule has 0 saturated carbocycles. The van der Waals surface area contributed by atoms with E-state index in [1.165, 1.54) is 5.56 Å². The smallest absolute Gasteiger partial charge is 0.161 e. The summed E-state index contributed by atoms with van der Waals surface area (Å²) in [6, 6.07) is 6.04. The molecule has 112 valence electrons. The number of hydrogen-bond acceptors (Lipinski definition) is 3. The number of ether oxygens (including phenoxy) is 2. The van der Waals surface area contributed by atoms with E-state index in [0.717, 1.165) is 29.1 Å². The Morgan fingerprint density at radius 1 is 1.30 bits per heavy atom. The third-order valence-corrected chi connectivity index (χ3v) is 2.80. The first-order valence-corrected chi connectivity index (χ1v) is 7.74. The summed E-state index contributed by atoms with van der Waals surface area (Å²) in [5, 5.41) is 3.42. The topological polar surface area (TPSA) is 30.5 Å². The minimum absolute atomic E-state index is 0.436. The summed E-state index contributed by atoms with van der Waals surface area (Å²) in [7, 11) is 0. The molecule has 0 aliphatic rings. The molecule has 0 saturated heterocycles. The molecule has 0 unspecified atom stereocenters. The maximum Gasteiger partial charge on any atom is 0.161 e. The van der Waals surface area contributed by atoms with E-state index in [1.807, 2.05) is 19.1 Å². The molecular formula is C16H24BrNO2. The molecule has 0 aliphatic carbocycles. The maximum atomic E-state index is 5.66. The van der Waals surface area contributed by atoms with Crippen LogP contribution in [0.2, 0.25) is 0 Å². The first kappa shape index (κ1) is 17.1. The van der Waals surface area contributed by atoms with Gasteiger partial charge in [0.15, 0.2) is 11.5 Å². The Labute approximate surface area is 130 Å².